The maximum absolute atomic E-state index is 5.13. The Kier molecular flexibility index (Phi) is 18.2. The molecule has 0 aromatic rings. The van der Waals surface area contributed by atoms with E-state index < -0.39 is 0 Å². The Balaban J connectivity index is -0.000000320. The first-order valence-corrected chi connectivity index (χ1v) is 3.36. The summed E-state index contributed by atoms with van der Waals surface area (Å²) >= 11 is 0. The zero-order valence-electron chi connectivity index (χ0n) is 7.77. The van der Waals surface area contributed by atoms with Gasteiger partial charge < -0.3 is 17.8 Å². The molecule has 0 unspecified atom stereocenters. The molecule has 0 radical (unpaired) electrons. The van der Waals surface area contributed by atoms with Crippen LogP contribution in [0.15, 0.2) is 0 Å². The van der Waals surface area contributed by atoms with Gasteiger partial charge in [-0.3, -0.25) is 0 Å². The molecule has 0 atom stereocenters. The van der Waals surface area contributed by atoms with Crippen LogP contribution in [0.3, 0.4) is 0 Å². The summed E-state index contributed by atoms with van der Waals surface area (Å²) < 4.78 is 10.1. The molecule has 3 heteroatoms. The van der Waals surface area contributed by atoms with E-state index in [4.69, 9.17) is 9.47 Å². The number of rotatable bonds is 6. The van der Waals surface area contributed by atoms with Crippen LogP contribution in [0.4, 0.5) is 0 Å². The summed E-state index contributed by atoms with van der Waals surface area (Å²) in [5, 5.41) is 0. The topological polar surface area (TPSA) is 18.5 Å². The quantitative estimate of drug-likeness (QED) is 0.377. The molecule has 0 aliphatic heterocycles. The molecule has 0 aromatic carbocycles. The van der Waals surface area contributed by atoms with Gasteiger partial charge in [-0.05, 0) is 6.42 Å². The van der Waals surface area contributed by atoms with Crippen LogP contribution in [-0.4, -0.2) is 71.9 Å². The molecule has 0 amide bonds. The molecule has 0 rings (SSSR count). The van der Waals surface area contributed by atoms with Crippen LogP contribution in [0.5, 0.6) is 0 Å². The summed E-state index contributed by atoms with van der Waals surface area (Å²) in [6.45, 7) is 8.35. The first kappa shape index (κ1) is 14.0. The van der Waals surface area contributed by atoms with E-state index in [0.29, 0.717) is 19.8 Å². The Morgan fingerprint density at radius 2 is 1.80 bits per heavy atom. The Morgan fingerprint density at radius 3 is 2.30 bits per heavy atom. The fourth-order valence-corrected chi connectivity index (χ4v) is 0.466. The van der Waals surface area contributed by atoms with Gasteiger partial charge in [-0.2, -0.15) is 0 Å². The van der Waals surface area contributed by atoms with Crippen molar-refractivity contribution < 1.29 is 10.9 Å². The molecule has 0 saturated heterocycles. The van der Waals surface area contributed by atoms with Gasteiger partial charge in [0.15, 0.2) is 0 Å². The van der Waals surface area contributed by atoms with Crippen molar-refractivity contribution in [1.29, 1.82) is 0 Å². The first-order valence-electron chi connectivity index (χ1n) is 3.36. The van der Waals surface area contributed by atoms with E-state index in [0.717, 1.165) is 13.0 Å². The van der Waals surface area contributed by atoms with Crippen LogP contribution in [0.2, 0.25) is 0 Å². The second-order valence-electron chi connectivity index (χ2n) is 1.72. The molecule has 2 nitrogen and oxygen atoms in total. The maximum Gasteiger partial charge on any atom is 2.00 e. The first-order chi connectivity index (χ1) is 4.41. The molecule has 0 aromatic heterocycles. The van der Waals surface area contributed by atoms with Crippen molar-refractivity contribution in [1.82, 2.24) is 0 Å². The van der Waals surface area contributed by atoms with Gasteiger partial charge in [-0.1, -0.05) is 13.5 Å². The zero-order chi connectivity index (χ0) is 6.95. The average Bonchev–Trinajstić information content (AvgIpc) is 1.89. The van der Waals surface area contributed by atoms with Crippen molar-refractivity contribution in [2.75, 3.05) is 26.4 Å². The van der Waals surface area contributed by atoms with Gasteiger partial charge in [0.2, 0.25) is 0 Å². The maximum atomic E-state index is 5.13. The molecule has 0 aliphatic rings. The number of hydrogen-bond donors (Lipinski definition) is 0. The predicted molar refractivity (Wildman–Crippen MR) is 44.2 cm³/mol. The molecular formula is C7H16O2Sr. The van der Waals surface area contributed by atoms with Crippen molar-refractivity contribution in [3.8, 4) is 0 Å². The third-order valence-electron chi connectivity index (χ3n) is 0.865. The Morgan fingerprint density at radius 1 is 1.20 bits per heavy atom. The third kappa shape index (κ3) is 12.1. The number of hydrogen-bond acceptors (Lipinski definition) is 2. The molecule has 0 aliphatic carbocycles. The summed E-state index contributed by atoms with van der Waals surface area (Å²) in [6, 6.07) is 0. The molecule has 0 saturated carbocycles. The van der Waals surface area contributed by atoms with Gasteiger partial charge in [0.05, 0.1) is 13.2 Å². The molecule has 10 heavy (non-hydrogen) atoms. The standard InChI is InChI=1S/C7H15O2.Sr.H/c1-3-5-9-7-6-8-4-2;;/h2-7H2,1H3;;/q-1;+2;-1. The van der Waals surface area contributed by atoms with Crippen LogP contribution in [0.25, 0.3) is 0 Å². The van der Waals surface area contributed by atoms with Crippen molar-refractivity contribution >= 4 is 45.5 Å². The van der Waals surface area contributed by atoms with Gasteiger partial charge >= 0.3 is 45.5 Å². The molecule has 0 spiro atoms. The van der Waals surface area contributed by atoms with Crippen LogP contribution < -0.4 is 0 Å². The van der Waals surface area contributed by atoms with Crippen LogP contribution in [0.1, 0.15) is 14.8 Å². The largest absolute Gasteiger partial charge is 2.00 e. The summed E-state index contributed by atoms with van der Waals surface area (Å²) in [5.74, 6) is 0. The van der Waals surface area contributed by atoms with E-state index in [1.54, 1.807) is 0 Å². The molecule has 0 bridgehead atoms. The van der Waals surface area contributed by atoms with Crippen molar-refractivity contribution in [3.63, 3.8) is 0 Å². The van der Waals surface area contributed by atoms with E-state index in [1.807, 2.05) is 0 Å². The van der Waals surface area contributed by atoms with Gasteiger partial charge in [-0.25, -0.2) is 0 Å². The molecule has 0 N–H and O–H groups in total. The van der Waals surface area contributed by atoms with E-state index >= 15 is 0 Å². The van der Waals surface area contributed by atoms with Gasteiger partial charge in [0, 0.05) is 6.61 Å². The third-order valence-corrected chi connectivity index (χ3v) is 0.865. The second-order valence-corrected chi connectivity index (χ2v) is 1.72. The van der Waals surface area contributed by atoms with Crippen molar-refractivity contribution in [3.05, 3.63) is 6.92 Å². The van der Waals surface area contributed by atoms with Crippen molar-refractivity contribution in [2.45, 2.75) is 13.3 Å². The Labute approximate surface area is 102 Å². The van der Waals surface area contributed by atoms with E-state index in [1.165, 1.54) is 0 Å². The van der Waals surface area contributed by atoms with E-state index in [9.17, 15) is 0 Å². The minimum absolute atomic E-state index is 0. The summed E-state index contributed by atoms with van der Waals surface area (Å²) in [6.07, 6.45) is 1.07. The van der Waals surface area contributed by atoms with E-state index in [2.05, 4.69) is 13.8 Å². The molecule has 0 heterocycles. The van der Waals surface area contributed by atoms with Gasteiger partial charge in [0.25, 0.3) is 0 Å². The summed E-state index contributed by atoms with van der Waals surface area (Å²) in [4.78, 5) is 0. The average molecular weight is 220 g/mol. The van der Waals surface area contributed by atoms with Crippen LogP contribution >= 0.6 is 0 Å². The Bertz CT molecular complexity index is 49.7. The van der Waals surface area contributed by atoms with Crippen LogP contribution in [0, 0.1) is 6.92 Å². The van der Waals surface area contributed by atoms with Crippen molar-refractivity contribution in [2.24, 2.45) is 0 Å². The normalized spacial score (nSPS) is 9.00. The minimum Gasteiger partial charge on any atom is -1.00 e. The molecular weight excluding hydrogens is 204 g/mol. The number of ether oxygens (including phenoxy) is 2. The summed E-state index contributed by atoms with van der Waals surface area (Å²) in [5.41, 5.74) is 0. The zero-order valence-corrected chi connectivity index (χ0v) is 10.2. The summed E-state index contributed by atoms with van der Waals surface area (Å²) in [7, 11) is 0. The van der Waals surface area contributed by atoms with Gasteiger partial charge in [-0.15, -0.1) is 0 Å². The van der Waals surface area contributed by atoms with E-state index in [-0.39, 0.29) is 46.9 Å². The predicted octanol–water partition coefficient (Wildman–Crippen LogP) is 0.995. The Hall–Kier alpha value is 1.40. The fraction of sp³-hybridized carbons (Fsp3) is 0.857. The minimum atomic E-state index is 0. The monoisotopic (exact) mass is 220 g/mol. The smallest absolute Gasteiger partial charge is 1.00 e. The second kappa shape index (κ2) is 13.0. The fourth-order valence-electron chi connectivity index (χ4n) is 0.466. The van der Waals surface area contributed by atoms with Crippen LogP contribution in [-0.2, 0) is 9.47 Å². The molecule has 58 valence electrons. The SMILES string of the molecule is [CH2-]COCCOCCC.[H-].[Sr+2]. The van der Waals surface area contributed by atoms with Gasteiger partial charge in [0.1, 0.15) is 0 Å². The molecule has 0 fully saturated rings.